The molecule has 31 heavy (non-hydrogen) atoms. The second-order valence-electron chi connectivity index (χ2n) is 9.04. The molecule has 0 radical (unpaired) electrons. The van der Waals surface area contributed by atoms with Gasteiger partial charge in [0.15, 0.2) is 5.13 Å². The molecule has 0 unspecified atom stereocenters. The Balaban J connectivity index is 1.68. The van der Waals surface area contributed by atoms with E-state index in [4.69, 9.17) is 4.98 Å². The second-order valence-corrected chi connectivity index (χ2v) is 11.1. The number of hydrogen-bond acceptors (Lipinski definition) is 6. The van der Waals surface area contributed by atoms with E-state index >= 15 is 0 Å². The van der Waals surface area contributed by atoms with Crippen molar-refractivity contribution in [2.45, 2.75) is 64.7 Å². The predicted octanol–water partition coefficient (Wildman–Crippen LogP) is 7.13. The summed E-state index contributed by atoms with van der Waals surface area (Å²) in [6.45, 7) is 6.80. The lowest BCUT2D eigenvalue weighted by Crippen LogP contribution is -2.27. The molecule has 7 heteroatoms. The van der Waals surface area contributed by atoms with Crippen LogP contribution in [0, 0.1) is 5.92 Å². The lowest BCUT2D eigenvalue weighted by molar-refractivity contribution is 0.0697. The smallest absolute Gasteiger partial charge is 0.339 e. The number of anilines is 2. The molecule has 0 spiro atoms. The van der Waals surface area contributed by atoms with Crippen molar-refractivity contribution in [3.05, 3.63) is 45.9 Å². The number of carboxylic acid groups (broad SMARTS) is 1. The topological polar surface area (TPSA) is 75.1 Å². The summed E-state index contributed by atoms with van der Waals surface area (Å²) in [7, 11) is 0. The molecule has 3 aromatic rings. The minimum absolute atomic E-state index is 0.102. The summed E-state index contributed by atoms with van der Waals surface area (Å²) in [4.78, 5) is 23.7. The summed E-state index contributed by atoms with van der Waals surface area (Å²) in [6, 6.07) is 5.61. The standard InChI is InChI=1S/C24H29N3O2S2/c1-15(2)12-19-20(24(3)9-5-4-6-10-24)26-23(31-19)27-21-17(22(28)29)13-16(14-25-21)18-8-7-11-30-18/h7-8,11,13-15H,4-6,9-10,12H2,1-3H3,(H,28,29)(H,25,26,27). The zero-order chi connectivity index (χ0) is 22.0. The fraction of sp³-hybridized carbons (Fsp3) is 0.458. The number of pyridine rings is 1. The van der Waals surface area contributed by atoms with Crippen molar-refractivity contribution >= 4 is 39.6 Å². The molecule has 0 saturated heterocycles. The molecule has 1 fully saturated rings. The molecular weight excluding hydrogens is 426 g/mol. The van der Waals surface area contributed by atoms with Gasteiger partial charge >= 0.3 is 5.97 Å². The largest absolute Gasteiger partial charge is 0.478 e. The number of hydrogen-bond donors (Lipinski definition) is 2. The van der Waals surface area contributed by atoms with Crippen LogP contribution in [0.3, 0.4) is 0 Å². The summed E-state index contributed by atoms with van der Waals surface area (Å²) in [5, 5.41) is 15.7. The molecule has 1 aliphatic carbocycles. The van der Waals surface area contributed by atoms with Crippen molar-refractivity contribution in [1.29, 1.82) is 0 Å². The molecule has 0 atom stereocenters. The van der Waals surface area contributed by atoms with Gasteiger partial charge in [0, 0.05) is 26.9 Å². The van der Waals surface area contributed by atoms with E-state index in [0.717, 1.165) is 34.8 Å². The molecule has 0 aromatic carbocycles. The molecule has 0 aliphatic heterocycles. The molecule has 0 bridgehead atoms. The maximum absolute atomic E-state index is 12.0. The number of thiophene rings is 1. The first-order valence-electron chi connectivity index (χ1n) is 10.9. The Hall–Kier alpha value is -2.25. The van der Waals surface area contributed by atoms with E-state index in [2.05, 4.69) is 31.1 Å². The minimum atomic E-state index is -0.994. The summed E-state index contributed by atoms with van der Waals surface area (Å²) >= 11 is 3.21. The van der Waals surface area contributed by atoms with E-state index in [9.17, 15) is 9.90 Å². The second kappa shape index (κ2) is 9.09. The van der Waals surface area contributed by atoms with Crippen LogP contribution in [0.2, 0.25) is 0 Å². The number of carboxylic acids is 1. The van der Waals surface area contributed by atoms with Gasteiger partial charge in [-0.05, 0) is 42.7 Å². The number of aromatic nitrogens is 2. The van der Waals surface area contributed by atoms with E-state index in [1.807, 2.05) is 17.5 Å². The van der Waals surface area contributed by atoms with Crippen molar-refractivity contribution in [2.75, 3.05) is 5.32 Å². The monoisotopic (exact) mass is 455 g/mol. The quantitative estimate of drug-likeness (QED) is 0.396. The molecule has 3 aromatic heterocycles. The first-order chi connectivity index (χ1) is 14.9. The van der Waals surface area contributed by atoms with Crippen LogP contribution in [-0.4, -0.2) is 21.0 Å². The van der Waals surface area contributed by atoms with Crippen LogP contribution in [0.4, 0.5) is 10.9 Å². The van der Waals surface area contributed by atoms with Gasteiger partial charge < -0.3 is 10.4 Å². The predicted molar refractivity (Wildman–Crippen MR) is 129 cm³/mol. The number of carbonyl (C=O) groups is 1. The van der Waals surface area contributed by atoms with Gasteiger partial charge in [0.25, 0.3) is 0 Å². The van der Waals surface area contributed by atoms with Crippen molar-refractivity contribution in [1.82, 2.24) is 9.97 Å². The molecule has 1 saturated carbocycles. The van der Waals surface area contributed by atoms with Gasteiger partial charge in [0.05, 0.1) is 5.69 Å². The van der Waals surface area contributed by atoms with Gasteiger partial charge in [0.1, 0.15) is 11.4 Å². The lowest BCUT2D eigenvalue weighted by Gasteiger charge is -2.33. The van der Waals surface area contributed by atoms with Crippen LogP contribution in [0.1, 0.15) is 73.8 Å². The molecule has 3 heterocycles. The highest BCUT2D eigenvalue weighted by Crippen LogP contribution is 2.43. The van der Waals surface area contributed by atoms with Crippen molar-refractivity contribution < 1.29 is 9.90 Å². The van der Waals surface area contributed by atoms with Crippen LogP contribution in [0.15, 0.2) is 29.8 Å². The van der Waals surface area contributed by atoms with Crippen LogP contribution >= 0.6 is 22.7 Å². The third kappa shape index (κ3) is 4.83. The third-order valence-corrected chi connectivity index (χ3v) is 7.88. The number of rotatable bonds is 7. The van der Waals surface area contributed by atoms with E-state index in [1.54, 1.807) is 34.9 Å². The highest BCUT2D eigenvalue weighted by Gasteiger charge is 2.34. The Bertz CT molecular complexity index is 1050. The Morgan fingerprint density at radius 2 is 2.06 bits per heavy atom. The van der Waals surface area contributed by atoms with Gasteiger partial charge in [-0.2, -0.15) is 0 Å². The van der Waals surface area contributed by atoms with Crippen LogP contribution in [0.25, 0.3) is 10.4 Å². The maximum atomic E-state index is 12.0. The highest BCUT2D eigenvalue weighted by molar-refractivity contribution is 7.15. The highest BCUT2D eigenvalue weighted by atomic mass is 32.1. The Kier molecular flexibility index (Phi) is 6.44. The van der Waals surface area contributed by atoms with E-state index in [0.29, 0.717) is 11.7 Å². The number of nitrogens with one attached hydrogen (secondary N) is 1. The summed E-state index contributed by atoms with van der Waals surface area (Å²) in [5.74, 6) is -0.109. The van der Waals surface area contributed by atoms with Gasteiger partial charge in [0.2, 0.25) is 0 Å². The number of thiazole rings is 1. The normalized spacial score (nSPS) is 15.9. The Labute approximate surface area is 191 Å². The molecule has 2 N–H and O–H groups in total. The molecule has 164 valence electrons. The van der Waals surface area contributed by atoms with E-state index < -0.39 is 5.97 Å². The van der Waals surface area contributed by atoms with Crippen molar-refractivity contribution in [2.24, 2.45) is 5.92 Å². The average molecular weight is 456 g/mol. The minimum Gasteiger partial charge on any atom is -0.478 e. The first kappa shape index (κ1) is 22.0. The van der Waals surface area contributed by atoms with Gasteiger partial charge in [-0.15, -0.1) is 22.7 Å². The zero-order valence-electron chi connectivity index (χ0n) is 18.3. The first-order valence-corrected chi connectivity index (χ1v) is 12.6. The number of nitrogens with zero attached hydrogens (tertiary/aromatic N) is 2. The van der Waals surface area contributed by atoms with Crippen LogP contribution in [-0.2, 0) is 11.8 Å². The molecule has 4 rings (SSSR count). The lowest BCUT2D eigenvalue weighted by atomic mass is 9.72. The summed E-state index contributed by atoms with van der Waals surface area (Å²) < 4.78 is 0. The molecule has 0 amide bonds. The fourth-order valence-corrected chi connectivity index (χ4v) is 6.39. The zero-order valence-corrected chi connectivity index (χ0v) is 19.9. The summed E-state index contributed by atoms with van der Waals surface area (Å²) in [5.41, 5.74) is 2.27. The van der Waals surface area contributed by atoms with Crippen molar-refractivity contribution in [3.63, 3.8) is 0 Å². The Morgan fingerprint density at radius 3 is 2.71 bits per heavy atom. The SMILES string of the molecule is CC(C)Cc1sc(Nc2ncc(-c3cccs3)cc2C(=O)O)nc1C1(C)CCCCC1. The summed E-state index contributed by atoms with van der Waals surface area (Å²) in [6.07, 6.45) is 8.82. The third-order valence-electron chi connectivity index (χ3n) is 5.97. The molecule has 5 nitrogen and oxygen atoms in total. The number of aromatic carboxylic acids is 1. The van der Waals surface area contributed by atoms with Crippen LogP contribution < -0.4 is 5.32 Å². The van der Waals surface area contributed by atoms with E-state index in [1.165, 1.54) is 29.8 Å². The van der Waals surface area contributed by atoms with Crippen molar-refractivity contribution in [3.8, 4) is 10.4 Å². The fourth-order valence-electron chi connectivity index (χ4n) is 4.36. The van der Waals surface area contributed by atoms with Crippen LogP contribution in [0.5, 0.6) is 0 Å². The average Bonchev–Trinajstić information content (AvgIpc) is 3.39. The van der Waals surface area contributed by atoms with E-state index in [-0.39, 0.29) is 11.0 Å². The van der Waals surface area contributed by atoms with Gasteiger partial charge in [-0.1, -0.05) is 46.1 Å². The van der Waals surface area contributed by atoms with Gasteiger partial charge in [-0.3, -0.25) is 0 Å². The maximum Gasteiger partial charge on any atom is 0.339 e. The van der Waals surface area contributed by atoms with Gasteiger partial charge in [-0.25, -0.2) is 14.8 Å². The molecular formula is C24H29N3O2S2. The Morgan fingerprint density at radius 1 is 1.29 bits per heavy atom. The molecule has 1 aliphatic rings.